The fourth-order valence-corrected chi connectivity index (χ4v) is 0.940. The van der Waals surface area contributed by atoms with Crippen LogP contribution in [0.4, 0.5) is 0 Å². The molecular formula is C8H11N3. The van der Waals surface area contributed by atoms with E-state index in [2.05, 4.69) is 11.1 Å². The first-order valence-electron chi connectivity index (χ1n) is 3.61. The second-order valence-corrected chi connectivity index (χ2v) is 2.52. The summed E-state index contributed by atoms with van der Waals surface area (Å²) in [4.78, 5) is 4.12. The largest absolute Gasteiger partial charge is 0.334 e. The standard InChI is InChI=1S/C8H11N3/c1-7-8(2)11(6-10-7)5-3-4-9/h6H,3,5H2,1-2H3. The predicted molar refractivity (Wildman–Crippen MR) is 41.9 cm³/mol. The van der Waals surface area contributed by atoms with Crippen molar-refractivity contribution in [2.45, 2.75) is 26.8 Å². The van der Waals surface area contributed by atoms with Crippen molar-refractivity contribution >= 4 is 0 Å². The second kappa shape index (κ2) is 3.20. The van der Waals surface area contributed by atoms with Crippen LogP contribution in [-0.2, 0) is 6.54 Å². The third kappa shape index (κ3) is 1.58. The number of aryl methyl sites for hydroxylation is 2. The van der Waals surface area contributed by atoms with Gasteiger partial charge in [-0.1, -0.05) is 0 Å². The van der Waals surface area contributed by atoms with Crippen molar-refractivity contribution in [1.29, 1.82) is 5.26 Å². The lowest BCUT2D eigenvalue weighted by molar-refractivity contribution is 0.694. The molecule has 0 aliphatic carbocycles. The zero-order valence-corrected chi connectivity index (χ0v) is 6.83. The van der Waals surface area contributed by atoms with E-state index in [1.807, 2.05) is 18.4 Å². The number of aromatic nitrogens is 2. The lowest BCUT2D eigenvalue weighted by Gasteiger charge is -1.99. The van der Waals surface area contributed by atoms with Gasteiger partial charge >= 0.3 is 0 Å². The Bertz CT molecular complexity index is 280. The molecule has 0 radical (unpaired) electrons. The quantitative estimate of drug-likeness (QED) is 0.638. The van der Waals surface area contributed by atoms with Crippen molar-refractivity contribution in [3.05, 3.63) is 17.7 Å². The molecule has 1 rings (SSSR count). The molecule has 0 fully saturated rings. The van der Waals surface area contributed by atoms with E-state index in [4.69, 9.17) is 5.26 Å². The maximum atomic E-state index is 8.34. The van der Waals surface area contributed by atoms with E-state index < -0.39 is 0 Å². The third-order valence-electron chi connectivity index (χ3n) is 1.81. The Hall–Kier alpha value is -1.30. The zero-order valence-electron chi connectivity index (χ0n) is 6.83. The molecule has 0 amide bonds. The molecule has 0 atom stereocenters. The SMILES string of the molecule is Cc1ncn(CCC#N)c1C. The summed E-state index contributed by atoms with van der Waals surface area (Å²) in [5, 5.41) is 8.34. The molecule has 1 aromatic rings. The van der Waals surface area contributed by atoms with E-state index in [0.29, 0.717) is 6.42 Å². The van der Waals surface area contributed by atoms with Crippen molar-refractivity contribution in [2.24, 2.45) is 0 Å². The van der Waals surface area contributed by atoms with Crippen LogP contribution in [0.3, 0.4) is 0 Å². The summed E-state index contributed by atoms with van der Waals surface area (Å²) >= 11 is 0. The van der Waals surface area contributed by atoms with E-state index in [0.717, 1.165) is 17.9 Å². The van der Waals surface area contributed by atoms with Gasteiger partial charge in [0.1, 0.15) is 0 Å². The first kappa shape index (κ1) is 7.80. The molecule has 0 N–H and O–H groups in total. The second-order valence-electron chi connectivity index (χ2n) is 2.52. The van der Waals surface area contributed by atoms with E-state index >= 15 is 0 Å². The van der Waals surface area contributed by atoms with Gasteiger partial charge < -0.3 is 4.57 Å². The molecule has 0 aliphatic heterocycles. The molecule has 11 heavy (non-hydrogen) atoms. The highest BCUT2D eigenvalue weighted by atomic mass is 15.0. The maximum absolute atomic E-state index is 8.34. The van der Waals surface area contributed by atoms with Gasteiger partial charge in [0, 0.05) is 12.2 Å². The highest BCUT2D eigenvalue weighted by molar-refractivity contribution is 5.08. The van der Waals surface area contributed by atoms with Crippen molar-refractivity contribution in [3.8, 4) is 6.07 Å². The first-order chi connectivity index (χ1) is 5.25. The van der Waals surface area contributed by atoms with E-state index in [1.165, 1.54) is 0 Å². The van der Waals surface area contributed by atoms with Gasteiger partial charge in [0.2, 0.25) is 0 Å². The summed E-state index contributed by atoms with van der Waals surface area (Å²) in [6, 6.07) is 2.10. The summed E-state index contributed by atoms with van der Waals surface area (Å²) in [5.74, 6) is 0. The average Bonchev–Trinajstić information content (AvgIpc) is 2.31. The summed E-state index contributed by atoms with van der Waals surface area (Å²) < 4.78 is 2.00. The molecule has 0 aliphatic rings. The fraction of sp³-hybridized carbons (Fsp3) is 0.500. The molecule has 58 valence electrons. The van der Waals surface area contributed by atoms with Gasteiger partial charge in [-0.2, -0.15) is 5.26 Å². The first-order valence-corrected chi connectivity index (χ1v) is 3.61. The summed E-state index contributed by atoms with van der Waals surface area (Å²) in [6.45, 7) is 4.74. The predicted octanol–water partition coefficient (Wildman–Crippen LogP) is 1.41. The lowest BCUT2D eigenvalue weighted by Crippen LogP contribution is -1.97. The minimum Gasteiger partial charge on any atom is -0.334 e. The fourth-order valence-electron chi connectivity index (χ4n) is 0.940. The van der Waals surface area contributed by atoms with Gasteiger partial charge in [-0.25, -0.2) is 4.98 Å². The normalized spacial score (nSPS) is 9.55. The number of hydrogen-bond acceptors (Lipinski definition) is 2. The summed E-state index contributed by atoms with van der Waals surface area (Å²) in [6.07, 6.45) is 2.33. The average molecular weight is 149 g/mol. The van der Waals surface area contributed by atoms with Crippen molar-refractivity contribution in [1.82, 2.24) is 9.55 Å². The highest BCUT2D eigenvalue weighted by Gasteiger charge is 1.99. The van der Waals surface area contributed by atoms with Crippen LogP contribution in [-0.4, -0.2) is 9.55 Å². The molecule has 0 unspecified atom stereocenters. The van der Waals surface area contributed by atoms with Gasteiger partial charge in [0.15, 0.2) is 0 Å². The Morgan fingerprint density at radius 2 is 2.36 bits per heavy atom. The van der Waals surface area contributed by atoms with Crippen LogP contribution >= 0.6 is 0 Å². The molecule has 3 heteroatoms. The van der Waals surface area contributed by atoms with Gasteiger partial charge in [-0.3, -0.25) is 0 Å². The lowest BCUT2D eigenvalue weighted by atomic mass is 10.3. The Morgan fingerprint density at radius 1 is 1.64 bits per heavy atom. The molecule has 3 nitrogen and oxygen atoms in total. The van der Waals surface area contributed by atoms with Crippen LogP contribution in [0.2, 0.25) is 0 Å². The third-order valence-corrected chi connectivity index (χ3v) is 1.81. The molecule has 1 aromatic heterocycles. The van der Waals surface area contributed by atoms with Crippen molar-refractivity contribution in [3.63, 3.8) is 0 Å². The monoisotopic (exact) mass is 149 g/mol. The van der Waals surface area contributed by atoms with E-state index in [-0.39, 0.29) is 0 Å². The van der Waals surface area contributed by atoms with Gasteiger partial charge in [-0.05, 0) is 13.8 Å². The molecular weight excluding hydrogens is 138 g/mol. The molecule has 0 aromatic carbocycles. The van der Waals surface area contributed by atoms with Crippen LogP contribution in [0.15, 0.2) is 6.33 Å². The molecule has 0 saturated heterocycles. The molecule has 0 bridgehead atoms. The van der Waals surface area contributed by atoms with Crippen LogP contribution in [0, 0.1) is 25.2 Å². The van der Waals surface area contributed by atoms with Gasteiger partial charge in [0.05, 0.1) is 24.5 Å². The van der Waals surface area contributed by atoms with Crippen LogP contribution in [0.25, 0.3) is 0 Å². The van der Waals surface area contributed by atoms with E-state index in [1.54, 1.807) is 6.33 Å². The zero-order chi connectivity index (χ0) is 8.27. The molecule has 1 heterocycles. The van der Waals surface area contributed by atoms with E-state index in [9.17, 15) is 0 Å². The highest BCUT2D eigenvalue weighted by Crippen LogP contribution is 2.04. The Morgan fingerprint density at radius 3 is 2.82 bits per heavy atom. The van der Waals surface area contributed by atoms with Gasteiger partial charge in [-0.15, -0.1) is 0 Å². The number of nitriles is 1. The number of nitrogens with zero attached hydrogens (tertiary/aromatic N) is 3. The Labute approximate surface area is 66.3 Å². The minimum absolute atomic E-state index is 0.552. The Balaban J connectivity index is 2.72. The van der Waals surface area contributed by atoms with Crippen LogP contribution in [0.1, 0.15) is 17.8 Å². The summed E-state index contributed by atoms with van der Waals surface area (Å²) in [5.41, 5.74) is 2.20. The maximum Gasteiger partial charge on any atom is 0.0951 e. The van der Waals surface area contributed by atoms with Crippen molar-refractivity contribution < 1.29 is 0 Å². The van der Waals surface area contributed by atoms with Crippen molar-refractivity contribution in [2.75, 3.05) is 0 Å². The number of rotatable bonds is 2. The number of imidazole rings is 1. The Kier molecular flexibility index (Phi) is 2.27. The van der Waals surface area contributed by atoms with Gasteiger partial charge in [0.25, 0.3) is 0 Å². The summed E-state index contributed by atoms with van der Waals surface area (Å²) in [7, 11) is 0. The molecule has 0 saturated carbocycles. The van der Waals surface area contributed by atoms with Crippen LogP contribution < -0.4 is 0 Å². The topological polar surface area (TPSA) is 41.6 Å². The minimum atomic E-state index is 0.552. The molecule has 0 spiro atoms. The number of hydrogen-bond donors (Lipinski definition) is 0. The van der Waals surface area contributed by atoms with Crippen LogP contribution in [0.5, 0.6) is 0 Å². The smallest absolute Gasteiger partial charge is 0.0951 e.